The van der Waals surface area contributed by atoms with Crippen LogP contribution in [0.4, 0.5) is 0 Å². The standard InChI is InChI=1S/C7H8BrNO3/c8-5-2-1-4(3-9-12)6(10)7(5)11/h1-2,9-12H,3H2. The van der Waals surface area contributed by atoms with Gasteiger partial charge in [0.1, 0.15) is 0 Å². The van der Waals surface area contributed by atoms with E-state index < -0.39 is 0 Å². The maximum absolute atomic E-state index is 9.28. The number of rotatable bonds is 2. The van der Waals surface area contributed by atoms with Gasteiger partial charge in [-0.2, -0.15) is 0 Å². The fourth-order valence-electron chi connectivity index (χ4n) is 0.825. The van der Waals surface area contributed by atoms with Gasteiger partial charge >= 0.3 is 0 Å². The van der Waals surface area contributed by atoms with E-state index >= 15 is 0 Å². The van der Waals surface area contributed by atoms with Crippen molar-refractivity contribution in [1.82, 2.24) is 5.48 Å². The Hall–Kier alpha value is -0.780. The third-order valence-electron chi connectivity index (χ3n) is 1.46. The van der Waals surface area contributed by atoms with Crippen LogP contribution in [0.2, 0.25) is 0 Å². The lowest BCUT2D eigenvalue weighted by Crippen LogP contribution is -2.06. The summed E-state index contributed by atoms with van der Waals surface area (Å²) in [5, 5.41) is 26.8. The van der Waals surface area contributed by atoms with Gasteiger partial charge in [-0.15, -0.1) is 0 Å². The number of phenols is 2. The van der Waals surface area contributed by atoms with Crippen molar-refractivity contribution in [2.75, 3.05) is 0 Å². The summed E-state index contributed by atoms with van der Waals surface area (Å²) >= 11 is 3.04. The van der Waals surface area contributed by atoms with Crippen molar-refractivity contribution in [3.8, 4) is 11.5 Å². The lowest BCUT2D eigenvalue weighted by atomic mass is 10.2. The van der Waals surface area contributed by atoms with Crippen LogP contribution in [-0.4, -0.2) is 15.4 Å². The average Bonchev–Trinajstić information content (AvgIpc) is 2.07. The molecule has 0 atom stereocenters. The highest BCUT2D eigenvalue weighted by Gasteiger charge is 2.08. The minimum absolute atomic E-state index is 0.0900. The van der Waals surface area contributed by atoms with Crippen LogP contribution >= 0.6 is 15.9 Å². The molecule has 0 unspecified atom stereocenters. The van der Waals surface area contributed by atoms with Crippen molar-refractivity contribution in [1.29, 1.82) is 0 Å². The van der Waals surface area contributed by atoms with Crippen LogP contribution in [0, 0.1) is 0 Å². The summed E-state index contributed by atoms with van der Waals surface area (Å²) in [6.45, 7) is 0.0900. The van der Waals surface area contributed by atoms with Gasteiger partial charge in [0.25, 0.3) is 0 Å². The van der Waals surface area contributed by atoms with Gasteiger partial charge in [-0.1, -0.05) is 6.07 Å². The van der Waals surface area contributed by atoms with Crippen molar-refractivity contribution in [3.63, 3.8) is 0 Å². The summed E-state index contributed by atoms with van der Waals surface area (Å²) in [6, 6.07) is 3.17. The lowest BCUT2D eigenvalue weighted by Gasteiger charge is -2.05. The van der Waals surface area contributed by atoms with Crippen LogP contribution in [0.5, 0.6) is 11.5 Å². The minimum atomic E-state index is -0.231. The van der Waals surface area contributed by atoms with Crippen LogP contribution in [0.3, 0.4) is 0 Å². The number of nitrogens with one attached hydrogen (secondary N) is 1. The second kappa shape index (κ2) is 3.75. The van der Waals surface area contributed by atoms with E-state index in [4.69, 9.17) is 5.21 Å². The molecule has 0 radical (unpaired) electrons. The average molecular weight is 234 g/mol. The van der Waals surface area contributed by atoms with Crippen molar-refractivity contribution in [2.45, 2.75) is 6.54 Å². The summed E-state index contributed by atoms with van der Waals surface area (Å²) in [7, 11) is 0. The minimum Gasteiger partial charge on any atom is -0.504 e. The Labute approximate surface area is 77.6 Å². The van der Waals surface area contributed by atoms with Gasteiger partial charge in [-0.25, -0.2) is 5.48 Å². The predicted molar refractivity (Wildman–Crippen MR) is 46.1 cm³/mol. The lowest BCUT2D eigenvalue weighted by molar-refractivity contribution is 0.160. The smallest absolute Gasteiger partial charge is 0.172 e. The van der Waals surface area contributed by atoms with Crippen molar-refractivity contribution >= 4 is 15.9 Å². The number of aromatic hydroxyl groups is 2. The van der Waals surface area contributed by atoms with E-state index in [2.05, 4.69) is 15.9 Å². The Kier molecular flexibility index (Phi) is 2.91. The SMILES string of the molecule is ONCc1ccc(Br)c(O)c1O. The molecule has 5 heteroatoms. The molecule has 0 aromatic heterocycles. The molecule has 0 fully saturated rings. The van der Waals surface area contributed by atoms with E-state index in [0.717, 1.165) is 0 Å². The van der Waals surface area contributed by atoms with Gasteiger partial charge in [-0.3, -0.25) is 0 Å². The highest BCUT2D eigenvalue weighted by atomic mass is 79.9. The summed E-state index contributed by atoms with van der Waals surface area (Å²) in [5.41, 5.74) is 2.31. The molecule has 1 rings (SSSR count). The first kappa shape index (κ1) is 9.31. The molecule has 0 aliphatic heterocycles. The topological polar surface area (TPSA) is 72.7 Å². The van der Waals surface area contributed by atoms with Crippen LogP contribution in [0.25, 0.3) is 0 Å². The number of hydrogen-bond donors (Lipinski definition) is 4. The van der Waals surface area contributed by atoms with Crippen molar-refractivity contribution in [2.24, 2.45) is 0 Å². The maximum atomic E-state index is 9.28. The monoisotopic (exact) mass is 233 g/mol. The van der Waals surface area contributed by atoms with E-state index in [9.17, 15) is 10.2 Å². The second-order valence-corrected chi connectivity index (χ2v) is 3.09. The molecule has 0 heterocycles. The molecule has 0 spiro atoms. The Morgan fingerprint density at radius 3 is 2.50 bits per heavy atom. The Balaban J connectivity index is 3.08. The zero-order chi connectivity index (χ0) is 9.14. The highest BCUT2D eigenvalue weighted by Crippen LogP contribution is 2.35. The maximum Gasteiger partial charge on any atom is 0.172 e. The molecular weight excluding hydrogens is 226 g/mol. The first-order valence-electron chi connectivity index (χ1n) is 3.23. The van der Waals surface area contributed by atoms with Crippen LogP contribution in [0.1, 0.15) is 5.56 Å². The van der Waals surface area contributed by atoms with Gasteiger partial charge in [0, 0.05) is 12.1 Å². The predicted octanol–water partition coefficient (Wildman–Crippen LogP) is 1.34. The van der Waals surface area contributed by atoms with Gasteiger partial charge in [0.15, 0.2) is 11.5 Å². The van der Waals surface area contributed by atoms with E-state index in [1.54, 1.807) is 12.1 Å². The summed E-state index contributed by atoms with van der Waals surface area (Å²) in [5.74, 6) is -0.450. The summed E-state index contributed by atoms with van der Waals surface area (Å²) < 4.78 is 0.418. The fraction of sp³-hybridized carbons (Fsp3) is 0.143. The molecule has 4 N–H and O–H groups in total. The molecule has 0 saturated carbocycles. The molecule has 0 bridgehead atoms. The third-order valence-corrected chi connectivity index (χ3v) is 2.09. The zero-order valence-electron chi connectivity index (χ0n) is 6.08. The molecule has 66 valence electrons. The van der Waals surface area contributed by atoms with Crippen LogP contribution < -0.4 is 5.48 Å². The molecule has 0 amide bonds. The first-order chi connectivity index (χ1) is 5.66. The van der Waals surface area contributed by atoms with E-state index in [0.29, 0.717) is 10.0 Å². The number of halogens is 1. The van der Waals surface area contributed by atoms with Crippen molar-refractivity contribution < 1.29 is 15.4 Å². The summed E-state index contributed by atoms with van der Waals surface area (Å²) in [4.78, 5) is 0. The van der Waals surface area contributed by atoms with Gasteiger partial charge < -0.3 is 15.4 Å². The Bertz CT molecular complexity index is 290. The molecule has 12 heavy (non-hydrogen) atoms. The van der Waals surface area contributed by atoms with E-state index in [1.165, 1.54) is 0 Å². The number of hydrogen-bond acceptors (Lipinski definition) is 4. The third kappa shape index (κ3) is 1.69. The number of hydroxylamine groups is 1. The largest absolute Gasteiger partial charge is 0.504 e. The van der Waals surface area contributed by atoms with Gasteiger partial charge in [0.05, 0.1) is 4.47 Å². The molecule has 0 saturated heterocycles. The normalized spacial score (nSPS) is 10.2. The fourth-order valence-corrected chi connectivity index (χ4v) is 1.14. The molecule has 1 aromatic carbocycles. The van der Waals surface area contributed by atoms with E-state index in [1.807, 2.05) is 5.48 Å². The van der Waals surface area contributed by atoms with Crippen LogP contribution in [0.15, 0.2) is 16.6 Å². The highest BCUT2D eigenvalue weighted by molar-refractivity contribution is 9.10. The van der Waals surface area contributed by atoms with Gasteiger partial charge in [-0.05, 0) is 22.0 Å². The molecular formula is C7H8BrNO3. The van der Waals surface area contributed by atoms with Gasteiger partial charge in [0.2, 0.25) is 0 Å². The number of phenolic OH excluding ortho intramolecular Hbond substituents is 2. The molecule has 4 nitrogen and oxygen atoms in total. The second-order valence-electron chi connectivity index (χ2n) is 2.24. The molecule has 1 aromatic rings. The van der Waals surface area contributed by atoms with Crippen LogP contribution in [-0.2, 0) is 6.54 Å². The molecule has 0 aliphatic rings. The molecule has 0 aliphatic carbocycles. The Morgan fingerprint density at radius 1 is 1.25 bits per heavy atom. The zero-order valence-corrected chi connectivity index (χ0v) is 7.67. The quantitative estimate of drug-likeness (QED) is 0.460. The first-order valence-corrected chi connectivity index (χ1v) is 4.02. The van der Waals surface area contributed by atoms with Crippen molar-refractivity contribution in [3.05, 3.63) is 22.2 Å². The van der Waals surface area contributed by atoms with E-state index in [-0.39, 0.29) is 18.0 Å². The summed E-state index contributed by atoms with van der Waals surface area (Å²) in [6.07, 6.45) is 0. The Morgan fingerprint density at radius 2 is 1.92 bits per heavy atom. The number of benzene rings is 1.